The van der Waals surface area contributed by atoms with Gasteiger partial charge < -0.3 is 5.32 Å². The maximum Gasteiger partial charge on any atom is 0.243 e. The minimum atomic E-state index is -3.65. The van der Waals surface area contributed by atoms with Crippen molar-refractivity contribution in [3.8, 4) is 0 Å². The van der Waals surface area contributed by atoms with Crippen LogP contribution in [-0.2, 0) is 14.8 Å². The molecule has 1 N–H and O–H groups in total. The van der Waals surface area contributed by atoms with Gasteiger partial charge in [-0.1, -0.05) is 30.3 Å². The van der Waals surface area contributed by atoms with Crippen LogP contribution in [0.2, 0.25) is 0 Å². The first kappa shape index (κ1) is 20.4. The number of hydrogen-bond donors (Lipinski definition) is 1. The van der Waals surface area contributed by atoms with E-state index < -0.39 is 15.8 Å². The Morgan fingerprint density at radius 2 is 1.64 bits per heavy atom. The lowest BCUT2D eigenvalue weighted by Gasteiger charge is -2.33. The number of halogens is 1. The Hall–Kier alpha value is -2.29. The molecular formula is C20H24FN3O3S. The number of nitrogens with zero attached hydrogens (tertiary/aromatic N) is 2. The summed E-state index contributed by atoms with van der Waals surface area (Å²) in [5, 5.41) is 2.97. The third kappa shape index (κ3) is 4.95. The SMILES string of the molecule is C[C@H](NC(=O)CN1CCN(S(=O)(=O)c2ccc(F)cc2)CC1)c1ccccc1. The second-order valence-electron chi connectivity index (χ2n) is 6.83. The number of carbonyl (C=O) groups excluding carboxylic acids is 1. The zero-order valence-corrected chi connectivity index (χ0v) is 16.5. The summed E-state index contributed by atoms with van der Waals surface area (Å²) in [6, 6.07) is 14.4. The van der Waals surface area contributed by atoms with Crippen LogP contribution in [0.4, 0.5) is 4.39 Å². The molecule has 1 saturated heterocycles. The van der Waals surface area contributed by atoms with Gasteiger partial charge in [0.15, 0.2) is 0 Å². The molecule has 0 aromatic heterocycles. The molecule has 0 unspecified atom stereocenters. The lowest BCUT2D eigenvalue weighted by atomic mass is 10.1. The van der Waals surface area contributed by atoms with Crippen LogP contribution in [0.15, 0.2) is 59.5 Å². The smallest absolute Gasteiger partial charge is 0.243 e. The largest absolute Gasteiger partial charge is 0.348 e. The molecule has 1 aliphatic heterocycles. The topological polar surface area (TPSA) is 69.7 Å². The summed E-state index contributed by atoms with van der Waals surface area (Å²) in [5.74, 6) is -0.564. The predicted molar refractivity (Wildman–Crippen MR) is 105 cm³/mol. The molecule has 0 aliphatic carbocycles. The van der Waals surface area contributed by atoms with Crippen molar-refractivity contribution in [1.82, 2.24) is 14.5 Å². The van der Waals surface area contributed by atoms with Crippen LogP contribution in [0, 0.1) is 5.82 Å². The van der Waals surface area contributed by atoms with Crippen LogP contribution >= 0.6 is 0 Å². The van der Waals surface area contributed by atoms with Crippen molar-refractivity contribution in [3.63, 3.8) is 0 Å². The van der Waals surface area contributed by atoms with Gasteiger partial charge in [-0.3, -0.25) is 9.69 Å². The summed E-state index contributed by atoms with van der Waals surface area (Å²) in [4.78, 5) is 14.3. The fourth-order valence-electron chi connectivity index (χ4n) is 3.20. The molecular weight excluding hydrogens is 381 g/mol. The number of rotatable bonds is 6. The number of amides is 1. The van der Waals surface area contributed by atoms with E-state index in [1.54, 1.807) is 0 Å². The molecule has 0 radical (unpaired) electrons. The third-order valence-electron chi connectivity index (χ3n) is 4.83. The van der Waals surface area contributed by atoms with Crippen molar-refractivity contribution in [3.05, 3.63) is 66.0 Å². The molecule has 3 rings (SSSR count). The number of carbonyl (C=O) groups is 1. The molecule has 0 spiro atoms. The number of sulfonamides is 1. The van der Waals surface area contributed by atoms with E-state index in [4.69, 9.17) is 0 Å². The van der Waals surface area contributed by atoms with Gasteiger partial charge in [0.25, 0.3) is 0 Å². The summed E-state index contributed by atoms with van der Waals surface area (Å²) in [5.41, 5.74) is 1.03. The van der Waals surface area contributed by atoms with Crippen molar-refractivity contribution in [1.29, 1.82) is 0 Å². The molecule has 2 aromatic carbocycles. The fraction of sp³-hybridized carbons (Fsp3) is 0.350. The monoisotopic (exact) mass is 405 g/mol. The Morgan fingerprint density at radius 1 is 1.04 bits per heavy atom. The Morgan fingerprint density at radius 3 is 2.25 bits per heavy atom. The lowest BCUT2D eigenvalue weighted by molar-refractivity contribution is -0.123. The highest BCUT2D eigenvalue weighted by atomic mass is 32.2. The van der Waals surface area contributed by atoms with Crippen molar-refractivity contribution in [2.75, 3.05) is 32.7 Å². The van der Waals surface area contributed by atoms with Crippen molar-refractivity contribution < 1.29 is 17.6 Å². The summed E-state index contributed by atoms with van der Waals surface area (Å²) in [6.07, 6.45) is 0. The minimum Gasteiger partial charge on any atom is -0.348 e. The summed E-state index contributed by atoms with van der Waals surface area (Å²) < 4.78 is 39.7. The van der Waals surface area contributed by atoms with E-state index in [-0.39, 0.29) is 23.4 Å². The number of hydrogen-bond acceptors (Lipinski definition) is 4. The second kappa shape index (κ2) is 8.81. The molecule has 0 bridgehead atoms. The lowest BCUT2D eigenvalue weighted by Crippen LogP contribution is -2.51. The maximum atomic E-state index is 13.0. The van der Waals surface area contributed by atoms with Crippen LogP contribution in [0.3, 0.4) is 0 Å². The molecule has 1 amide bonds. The van der Waals surface area contributed by atoms with Gasteiger partial charge in [-0.05, 0) is 36.8 Å². The van der Waals surface area contributed by atoms with Crippen LogP contribution in [-0.4, -0.2) is 56.3 Å². The molecule has 1 fully saturated rings. The first-order valence-corrected chi connectivity index (χ1v) is 10.6. The molecule has 2 aromatic rings. The predicted octanol–water partition coefficient (Wildman–Crippen LogP) is 2.01. The quantitative estimate of drug-likeness (QED) is 0.798. The van der Waals surface area contributed by atoms with E-state index in [1.165, 1.54) is 16.4 Å². The van der Waals surface area contributed by atoms with Crippen LogP contribution in [0.5, 0.6) is 0 Å². The highest BCUT2D eigenvalue weighted by molar-refractivity contribution is 7.89. The van der Waals surface area contributed by atoms with E-state index in [9.17, 15) is 17.6 Å². The zero-order chi connectivity index (χ0) is 20.1. The molecule has 0 saturated carbocycles. The molecule has 8 heteroatoms. The summed E-state index contributed by atoms with van der Waals surface area (Å²) in [6.45, 7) is 3.67. The molecule has 150 valence electrons. The molecule has 6 nitrogen and oxygen atoms in total. The maximum absolute atomic E-state index is 13.0. The molecule has 1 heterocycles. The van der Waals surface area contributed by atoms with Gasteiger partial charge in [0.2, 0.25) is 15.9 Å². The van der Waals surface area contributed by atoms with Gasteiger partial charge in [0, 0.05) is 26.2 Å². The fourth-order valence-corrected chi connectivity index (χ4v) is 4.62. The van der Waals surface area contributed by atoms with E-state index in [0.29, 0.717) is 26.2 Å². The average Bonchev–Trinajstić information content (AvgIpc) is 2.69. The van der Waals surface area contributed by atoms with E-state index in [0.717, 1.165) is 17.7 Å². The second-order valence-corrected chi connectivity index (χ2v) is 8.77. The van der Waals surface area contributed by atoms with Gasteiger partial charge in [0.05, 0.1) is 17.5 Å². The van der Waals surface area contributed by atoms with E-state index in [1.807, 2.05) is 42.2 Å². The van der Waals surface area contributed by atoms with Gasteiger partial charge >= 0.3 is 0 Å². The summed E-state index contributed by atoms with van der Waals surface area (Å²) in [7, 11) is -3.65. The van der Waals surface area contributed by atoms with E-state index >= 15 is 0 Å². The summed E-state index contributed by atoms with van der Waals surface area (Å²) >= 11 is 0. The third-order valence-corrected chi connectivity index (χ3v) is 6.74. The highest BCUT2D eigenvalue weighted by Crippen LogP contribution is 2.18. The van der Waals surface area contributed by atoms with E-state index in [2.05, 4.69) is 5.32 Å². The Balaban J connectivity index is 1.51. The van der Waals surface area contributed by atoms with Crippen LogP contribution < -0.4 is 5.32 Å². The first-order valence-electron chi connectivity index (χ1n) is 9.18. The van der Waals surface area contributed by atoms with Gasteiger partial charge in [-0.15, -0.1) is 0 Å². The zero-order valence-electron chi connectivity index (χ0n) is 15.7. The molecule has 1 atom stereocenters. The number of benzene rings is 2. The van der Waals surface area contributed by atoms with Crippen LogP contribution in [0.1, 0.15) is 18.5 Å². The molecule has 1 aliphatic rings. The standard InChI is InChI=1S/C20H24FN3O3S/c1-16(17-5-3-2-4-6-17)22-20(25)15-23-11-13-24(14-12-23)28(26,27)19-9-7-18(21)8-10-19/h2-10,16H,11-15H2,1H3,(H,22,25)/t16-/m0/s1. The van der Waals surface area contributed by atoms with Gasteiger partial charge in [-0.25, -0.2) is 12.8 Å². The Kier molecular flexibility index (Phi) is 6.43. The molecule has 28 heavy (non-hydrogen) atoms. The van der Waals surface area contributed by atoms with Crippen molar-refractivity contribution in [2.24, 2.45) is 0 Å². The number of nitrogens with one attached hydrogen (secondary N) is 1. The van der Waals surface area contributed by atoms with Gasteiger partial charge in [-0.2, -0.15) is 4.31 Å². The number of piperazine rings is 1. The highest BCUT2D eigenvalue weighted by Gasteiger charge is 2.29. The first-order chi connectivity index (χ1) is 13.4. The normalized spacial score (nSPS) is 17.2. The van der Waals surface area contributed by atoms with Crippen LogP contribution in [0.25, 0.3) is 0 Å². The Labute approximate surface area is 165 Å². The Bertz CT molecular complexity index is 896. The average molecular weight is 405 g/mol. The minimum absolute atomic E-state index is 0.0804. The van der Waals surface area contributed by atoms with Crippen molar-refractivity contribution >= 4 is 15.9 Å². The van der Waals surface area contributed by atoms with Crippen molar-refractivity contribution in [2.45, 2.75) is 17.9 Å². The van der Waals surface area contributed by atoms with Gasteiger partial charge in [0.1, 0.15) is 5.82 Å².